The van der Waals surface area contributed by atoms with Crippen LogP contribution in [0, 0.1) is 11.8 Å². The monoisotopic (exact) mass is 437 g/mol. The molecule has 3 atom stereocenters. The number of aromatic nitrogens is 1. The summed E-state index contributed by atoms with van der Waals surface area (Å²) in [6, 6.07) is 11.3. The van der Waals surface area contributed by atoms with Gasteiger partial charge < -0.3 is 20.1 Å². The van der Waals surface area contributed by atoms with Gasteiger partial charge in [0.2, 0.25) is 0 Å². The van der Waals surface area contributed by atoms with E-state index in [9.17, 15) is 9.59 Å². The van der Waals surface area contributed by atoms with Crippen LogP contribution >= 0.6 is 11.3 Å². The number of benzene rings is 1. The van der Waals surface area contributed by atoms with E-state index in [0.717, 1.165) is 28.6 Å². The molecule has 0 bridgehead atoms. The number of pyridine rings is 1. The molecule has 2 fully saturated rings. The Balaban J connectivity index is 1.21. The van der Waals surface area contributed by atoms with Crippen LogP contribution in [-0.4, -0.2) is 41.1 Å². The van der Waals surface area contributed by atoms with Crippen LogP contribution in [0.3, 0.4) is 0 Å². The molecule has 2 N–H and O–H groups in total. The number of likely N-dealkylation sites (tertiary alicyclic amines) is 1. The fourth-order valence-electron chi connectivity index (χ4n) is 4.77. The molecule has 1 aliphatic carbocycles. The average Bonchev–Trinajstić information content (AvgIpc) is 3.49. The van der Waals surface area contributed by atoms with E-state index in [2.05, 4.69) is 11.1 Å². The molecule has 7 nitrogen and oxygen atoms in total. The lowest BCUT2D eigenvalue weighted by Gasteiger charge is -2.20. The van der Waals surface area contributed by atoms with E-state index in [1.54, 1.807) is 29.7 Å². The van der Waals surface area contributed by atoms with Crippen molar-refractivity contribution >= 4 is 33.6 Å². The van der Waals surface area contributed by atoms with E-state index in [4.69, 9.17) is 15.2 Å². The van der Waals surface area contributed by atoms with Crippen LogP contribution in [0.25, 0.3) is 10.2 Å². The fraction of sp³-hybridized carbons (Fsp3) is 0.348. The van der Waals surface area contributed by atoms with Gasteiger partial charge in [0.05, 0.1) is 0 Å². The molecule has 3 unspecified atom stereocenters. The minimum Gasteiger partial charge on any atom is -0.489 e. The Morgan fingerprint density at radius 1 is 1.13 bits per heavy atom. The summed E-state index contributed by atoms with van der Waals surface area (Å²) >= 11 is 1.61. The Morgan fingerprint density at radius 3 is 2.77 bits per heavy atom. The molecule has 2 aliphatic rings. The van der Waals surface area contributed by atoms with Crippen molar-refractivity contribution in [3.8, 4) is 5.75 Å². The van der Waals surface area contributed by atoms with Crippen molar-refractivity contribution in [2.75, 3.05) is 13.1 Å². The minimum atomic E-state index is -0.738. The van der Waals surface area contributed by atoms with Crippen molar-refractivity contribution < 1.29 is 19.1 Å². The summed E-state index contributed by atoms with van der Waals surface area (Å²) in [5.41, 5.74) is 6.90. The number of hydrogen-bond donors (Lipinski definition) is 1. The lowest BCUT2D eigenvalue weighted by molar-refractivity contribution is 0.0695. The van der Waals surface area contributed by atoms with Gasteiger partial charge in [0.15, 0.2) is 0 Å². The first-order valence-corrected chi connectivity index (χ1v) is 11.3. The van der Waals surface area contributed by atoms with Gasteiger partial charge in [-0.1, -0.05) is 0 Å². The van der Waals surface area contributed by atoms with Crippen molar-refractivity contribution in [2.45, 2.75) is 25.6 Å². The van der Waals surface area contributed by atoms with Gasteiger partial charge in [-0.2, -0.15) is 0 Å². The molecular weight excluding hydrogens is 414 g/mol. The van der Waals surface area contributed by atoms with Gasteiger partial charge in [-0.25, -0.2) is 9.78 Å². The normalized spacial score (nSPS) is 22.5. The quantitative estimate of drug-likeness (QED) is 0.655. The van der Waals surface area contributed by atoms with Gasteiger partial charge in [-0.05, 0) is 60.5 Å². The predicted molar refractivity (Wildman–Crippen MR) is 117 cm³/mol. The van der Waals surface area contributed by atoms with E-state index < -0.39 is 6.09 Å². The first kappa shape index (κ1) is 19.8. The topological polar surface area (TPSA) is 94.8 Å². The summed E-state index contributed by atoms with van der Waals surface area (Å²) in [6.45, 7) is 1.73. The molecule has 160 valence electrons. The maximum absolute atomic E-state index is 13.0. The number of nitrogens with zero attached hydrogens (tertiary/aromatic N) is 2. The highest BCUT2D eigenvalue weighted by atomic mass is 32.1. The molecule has 0 spiro atoms. The number of carbonyl (C=O) groups excluding carboxylic acids is 2. The number of fused-ring (bicyclic) bond motifs is 2. The summed E-state index contributed by atoms with van der Waals surface area (Å²) in [7, 11) is 0. The Hall–Kier alpha value is -3.13. The largest absolute Gasteiger partial charge is 0.489 e. The zero-order valence-corrected chi connectivity index (χ0v) is 17.7. The number of ether oxygens (including phenoxy) is 2. The molecule has 5 rings (SSSR count). The highest BCUT2D eigenvalue weighted by molar-refractivity contribution is 7.16. The van der Waals surface area contributed by atoms with Crippen molar-refractivity contribution in [1.29, 1.82) is 0 Å². The van der Waals surface area contributed by atoms with E-state index in [1.807, 2.05) is 28.5 Å². The second-order valence-corrected chi connectivity index (χ2v) is 9.00. The molecule has 1 aliphatic heterocycles. The number of thiophene rings is 1. The number of rotatable bonds is 5. The summed E-state index contributed by atoms with van der Waals surface area (Å²) in [5.74, 6) is 1.25. The van der Waals surface area contributed by atoms with Gasteiger partial charge in [0.1, 0.15) is 23.3 Å². The van der Waals surface area contributed by atoms with Crippen molar-refractivity contribution in [2.24, 2.45) is 17.6 Å². The smallest absolute Gasteiger partial charge is 0.404 e. The average molecular weight is 438 g/mol. The number of nitrogens with two attached hydrogens (primary N) is 1. The first-order valence-electron chi connectivity index (χ1n) is 10.4. The standard InChI is InChI=1S/C23H23N3O4S/c24-23(28)30-20-6-3-15-11-26(12-19(15)20)22(27)14-1-4-17(5-2-14)29-13-16-7-9-25-21-18(16)8-10-31-21/h1-2,4-5,7-10,15,19-20H,3,6,11-13H2,(H2,24,28). The maximum atomic E-state index is 13.0. The summed E-state index contributed by atoms with van der Waals surface area (Å²) in [4.78, 5) is 31.3. The summed E-state index contributed by atoms with van der Waals surface area (Å²) in [6.07, 6.45) is 2.65. The van der Waals surface area contributed by atoms with Crippen molar-refractivity contribution in [3.63, 3.8) is 0 Å². The Labute approximate surface area is 183 Å². The van der Waals surface area contributed by atoms with Gasteiger partial charge in [-0.15, -0.1) is 11.3 Å². The number of carbonyl (C=O) groups is 2. The third-order valence-electron chi connectivity index (χ3n) is 6.30. The Kier molecular flexibility index (Phi) is 5.23. The zero-order chi connectivity index (χ0) is 21.4. The van der Waals surface area contributed by atoms with Crippen LogP contribution in [0.2, 0.25) is 0 Å². The van der Waals surface area contributed by atoms with Crippen LogP contribution < -0.4 is 10.5 Å². The van der Waals surface area contributed by atoms with Crippen LogP contribution in [-0.2, 0) is 11.3 Å². The highest BCUT2D eigenvalue weighted by Crippen LogP contribution is 2.40. The minimum absolute atomic E-state index is 0.00658. The van der Waals surface area contributed by atoms with Crippen molar-refractivity contribution in [1.82, 2.24) is 9.88 Å². The molecule has 3 heterocycles. The molecule has 2 amide bonds. The van der Waals surface area contributed by atoms with E-state index in [0.29, 0.717) is 36.9 Å². The third-order valence-corrected chi connectivity index (χ3v) is 7.12. The lowest BCUT2D eigenvalue weighted by atomic mass is 9.99. The number of primary amides is 1. The van der Waals surface area contributed by atoms with Crippen LogP contribution in [0.4, 0.5) is 4.79 Å². The fourth-order valence-corrected chi connectivity index (χ4v) is 5.55. The lowest BCUT2D eigenvalue weighted by Crippen LogP contribution is -2.33. The SMILES string of the molecule is NC(=O)OC1CCC2CN(C(=O)c3ccc(OCc4ccnc5sccc45)cc3)CC21. The number of hydrogen-bond acceptors (Lipinski definition) is 6. The van der Waals surface area contributed by atoms with Crippen molar-refractivity contribution in [3.05, 3.63) is 59.1 Å². The number of amides is 2. The molecule has 0 radical (unpaired) electrons. The molecule has 1 saturated heterocycles. The third kappa shape index (κ3) is 3.95. The van der Waals surface area contributed by atoms with Gasteiger partial charge >= 0.3 is 6.09 Å². The van der Waals surface area contributed by atoms with Gasteiger partial charge in [-0.3, -0.25) is 4.79 Å². The van der Waals surface area contributed by atoms with Crippen LogP contribution in [0.5, 0.6) is 5.75 Å². The molecule has 1 saturated carbocycles. The molecular formula is C23H23N3O4S. The molecule has 31 heavy (non-hydrogen) atoms. The Bertz CT molecular complexity index is 1110. The molecule has 1 aromatic carbocycles. The van der Waals surface area contributed by atoms with E-state index >= 15 is 0 Å². The summed E-state index contributed by atoms with van der Waals surface area (Å²) < 4.78 is 11.2. The molecule has 2 aromatic heterocycles. The zero-order valence-electron chi connectivity index (χ0n) is 16.9. The summed E-state index contributed by atoms with van der Waals surface area (Å²) in [5, 5.41) is 3.13. The maximum Gasteiger partial charge on any atom is 0.404 e. The second kappa shape index (κ2) is 8.19. The molecule has 3 aromatic rings. The highest BCUT2D eigenvalue weighted by Gasteiger charge is 2.45. The van der Waals surface area contributed by atoms with Crippen LogP contribution in [0.15, 0.2) is 48.0 Å². The Morgan fingerprint density at radius 2 is 1.97 bits per heavy atom. The first-order chi connectivity index (χ1) is 15.1. The van der Waals surface area contributed by atoms with Crippen LogP contribution in [0.1, 0.15) is 28.8 Å². The van der Waals surface area contributed by atoms with E-state index in [1.165, 1.54) is 0 Å². The van der Waals surface area contributed by atoms with Gasteiger partial charge in [0, 0.05) is 41.7 Å². The van der Waals surface area contributed by atoms with E-state index in [-0.39, 0.29) is 17.9 Å². The molecule has 8 heteroatoms. The predicted octanol–water partition coefficient (Wildman–Crippen LogP) is 3.82. The van der Waals surface area contributed by atoms with Gasteiger partial charge in [0.25, 0.3) is 5.91 Å². The second-order valence-electron chi connectivity index (χ2n) is 8.11.